The molecule has 0 aliphatic carbocycles. The van der Waals surface area contributed by atoms with Crippen molar-refractivity contribution < 1.29 is 8.42 Å². The van der Waals surface area contributed by atoms with E-state index in [1.807, 2.05) is 13.0 Å². The third-order valence-corrected chi connectivity index (χ3v) is 5.92. The fourth-order valence-corrected chi connectivity index (χ4v) is 3.66. The second kappa shape index (κ2) is 5.48. The van der Waals surface area contributed by atoms with E-state index >= 15 is 0 Å². The van der Waals surface area contributed by atoms with Crippen LogP contribution >= 0.6 is 15.9 Å². The molecule has 0 atom stereocenters. The molecule has 0 radical (unpaired) electrons. The van der Waals surface area contributed by atoms with Gasteiger partial charge in [-0.05, 0) is 40.0 Å². The summed E-state index contributed by atoms with van der Waals surface area (Å²) in [7, 11) is -1.88. The number of hydrogen-bond acceptors (Lipinski definition) is 3. The summed E-state index contributed by atoms with van der Waals surface area (Å²) in [6.07, 6.45) is 0. The summed E-state index contributed by atoms with van der Waals surface area (Å²) in [4.78, 5) is 0.280. The van der Waals surface area contributed by atoms with Gasteiger partial charge in [0.2, 0.25) is 10.0 Å². The lowest BCUT2D eigenvalue weighted by atomic mass is 10.1. The van der Waals surface area contributed by atoms with Gasteiger partial charge in [0.05, 0.1) is 4.90 Å². The van der Waals surface area contributed by atoms with Gasteiger partial charge in [-0.15, -0.1) is 0 Å². The molecule has 0 amide bonds. The van der Waals surface area contributed by atoms with Crippen molar-refractivity contribution in [1.29, 1.82) is 0 Å². The van der Waals surface area contributed by atoms with E-state index in [0.29, 0.717) is 17.6 Å². The van der Waals surface area contributed by atoms with Gasteiger partial charge in [-0.1, -0.05) is 13.0 Å². The van der Waals surface area contributed by atoms with Gasteiger partial charge >= 0.3 is 0 Å². The zero-order valence-electron chi connectivity index (χ0n) is 10.2. The van der Waals surface area contributed by atoms with Gasteiger partial charge in [0.1, 0.15) is 0 Å². The van der Waals surface area contributed by atoms with Crippen molar-refractivity contribution in [3.05, 3.63) is 27.7 Å². The van der Waals surface area contributed by atoms with Crippen LogP contribution in [0.2, 0.25) is 0 Å². The van der Waals surface area contributed by atoms with Gasteiger partial charge in [-0.3, -0.25) is 0 Å². The molecular weight excluding hydrogens is 304 g/mol. The molecule has 6 heteroatoms. The molecule has 0 unspecified atom stereocenters. The van der Waals surface area contributed by atoms with Crippen molar-refractivity contribution in [2.24, 2.45) is 5.73 Å². The highest BCUT2D eigenvalue weighted by Gasteiger charge is 2.23. The number of nitrogens with two attached hydrogens (primary N) is 1. The smallest absolute Gasteiger partial charge is 0.243 e. The zero-order valence-corrected chi connectivity index (χ0v) is 12.6. The molecule has 1 aromatic rings. The van der Waals surface area contributed by atoms with Crippen LogP contribution in [0.1, 0.15) is 18.1 Å². The van der Waals surface area contributed by atoms with E-state index in [2.05, 4.69) is 15.9 Å². The number of nitrogens with zero attached hydrogens (tertiary/aromatic N) is 1. The van der Waals surface area contributed by atoms with Crippen LogP contribution in [0, 0.1) is 6.92 Å². The molecule has 0 saturated carbocycles. The van der Waals surface area contributed by atoms with Crippen LogP contribution in [0.4, 0.5) is 0 Å². The normalized spacial score (nSPS) is 12.1. The molecule has 0 bridgehead atoms. The highest BCUT2D eigenvalue weighted by atomic mass is 79.9. The molecule has 0 aliphatic heterocycles. The molecule has 1 rings (SSSR count). The molecule has 0 fully saturated rings. The van der Waals surface area contributed by atoms with E-state index in [-0.39, 0.29) is 4.90 Å². The average molecular weight is 321 g/mol. The molecule has 4 nitrogen and oxygen atoms in total. The van der Waals surface area contributed by atoms with Crippen LogP contribution < -0.4 is 5.73 Å². The number of benzene rings is 1. The van der Waals surface area contributed by atoms with Crippen LogP contribution in [0.5, 0.6) is 0 Å². The molecule has 0 spiro atoms. The van der Waals surface area contributed by atoms with E-state index in [4.69, 9.17) is 5.73 Å². The molecule has 0 heterocycles. The first kappa shape index (κ1) is 14.6. The summed E-state index contributed by atoms with van der Waals surface area (Å²) >= 11 is 3.33. The Morgan fingerprint density at radius 3 is 2.47 bits per heavy atom. The molecule has 0 aromatic heterocycles. The lowest BCUT2D eigenvalue weighted by Crippen LogP contribution is -2.27. The molecular formula is C11H17BrN2O2S. The molecule has 17 heavy (non-hydrogen) atoms. The van der Waals surface area contributed by atoms with Crippen molar-refractivity contribution in [2.75, 3.05) is 13.6 Å². The first-order valence-electron chi connectivity index (χ1n) is 5.30. The first-order chi connectivity index (χ1) is 7.84. The number of aryl methyl sites for hydroxylation is 1. The van der Waals surface area contributed by atoms with Gasteiger partial charge in [0, 0.05) is 24.6 Å². The standard InChI is InChI=1S/C11H17BrN2O2S/c1-4-14(3)17(15,16)10-6-9(7-13)5-8(2)11(10)12/h5-6H,4,7,13H2,1-3H3. The van der Waals surface area contributed by atoms with Gasteiger partial charge in [0.25, 0.3) is 0 Å². The maximum absolute atomic E-state index is 12.3. The Hall–Kier alpha value is -0.430. The Morgan fingerprint density at radius 1 is 1.41 bits per heavy atom. The van der Waals surface area contributed by atoms with Crippen LogP contribution in [-0.2, 0) is 16.6 Å². The van der Waals surface area contributed by atoms with Crippen molar-refractivity contribution in [2.45, 2.75) is 25.3 Å². The van der Waals surface area contributed by atoms with E-state index in [1.165, 1.54) is 4.31 Å². The van der Waals surface area contributed by atoms with Gasteiger partial charge in [-0.2, -0.15) is 0 Å². The summed E-state index contributed by atoms with van der Waals surface area (Å²) in [6, 6.07) is 3.51. The second-order valence-electron chi connectivity index (χ2n) is 3.85. The Kier molecular flexibility index (Phi) is 4.71. The highest BCUT2D eigenvalue weighted by Crippen LogP contribution is 2.29. The summed E-state index contributed by atoms with van der Waals surface area (Å²) in [5, 5.41) is 0. The van der Waals surface area contributed by atoms with Crippen LogP contribution in [0.15, 0.2) is 21.5 Å². The maximum atomic E-state index is 12.3. The lowest BCUT2D eigenvalue weighted by molar-refractivity contribution is 0.485. The van der Waals surface area contributed by atoms with Crippen LogP contribution in [0.25, 0.3) is 0 Å². The molecule has 2 N–H and O–H groups in total. The molecule has 1 aromatic carbocycles. The summed E-state index contributed by atoms with van der Waals surface area (Å²) in [6.45, 7) is 4.41. The van der Waals surface area contributed by atoms with Crippen LogP contribution in [0.3, 0.4) is 0 Å². The van der Waals surface area contributed by atoms with Crippen molar-refractivity contribution in [3.63, 3.8) is 0 Å². The monoisotopic (exact) mass is 320 g/mol. The van der Waals surface area contributed by atoms with E-state index in [0.717, 1.165) is 11.1 Å². The number of hydrogen-bond donors (Lipinski definition) is 1. The van der Waals surface area contributed by atoms with Crippen LogP contribution in [-0.4, -0.2) is 26.3 Å². The fraction of sp³-hybridized carbons (Fsp3) is 0.455. The van der Waals surface area contributed by atoms with Gasteiger partial charge < -0.3 is 5.73 Å². The average Bonchev–Trinajstić information content (AvgIpc) is 2.30. The van der Waals surface area contributed by atoms with Crippen molar-refractivity contribution in [1.82, 2.24) is 4.31 Å². The molecule has 0 aliphatic rings. The number of halogens is 1. The maximum Gasteiger partial charge on any atom is 0.243 e. The Balaban J connectivity index is 3.45. The Labute approximate surface area is 111 Å². The predicted octanol–water partition coefficient (Wildman–Crippen LogP) is 1.86. The topological polar surface area (TPSA) is 63.4 Å². The largest absolute Gasteiger partial charge is 0.326 e. The number of sulfonamides is 1. The Bertz CT molecular complexity index is 514. The Morgan fingerprint density at radius 2 is 2.00 bits per heavy atom. The van der Waals surface area contributed by atoms with Crippen molar-refractivity contribution in [3.8, 4) is 0 Å². The third kappa shape index (κ3) is 2.88. The van der Waals surface area contributed by atoms with E-state index in [1.54, 1.807) is 20.0 Å². The quantitative estimate of drug-likeness (QED) is 0.921. The van der Waals surface area contributed by atoms with E-state index < -0.39 is 10.0 Å². The SMILES string of the molecule is CCN(C)S(=O)(=O)c1cc(CN)cc(C)c1Br. The first-order valence-corrected chi connectivity index (χ1v) is 7.53. The highest BCUT2D eigenvalue weighted by molar-refractivity contribution is 9.10. The fourth-order valence-electron chi connectivity index (χ4n) is 1.45. The molecule has 96 valence electrons. The third-order valence-electron chi connectivity index (χ3n) is 2.65. The summed E-state index contributed by atoms with van der Waals surface area (Å²) in [5.74, 6) is 0. The lowest BCUT2D eigenvalue weighted by Gasteiger charge is -2.17. The summed E-state index contributed by atoms with van der Waals surface area (Å²) < 4.78 is 26.4. The number of rotatable bonds is 4. The zero-order chi connectivity index (χ0) is 13.2. The minimum Gasteiger partial charge on any atom is -0.326 e. The van der Waals surface area contributed by atoms with Gasteiger partial charge in [-0.25, -0.2) is 12.7 Å². The van der Waals surface area contributed by atoms with E-state index in [9.17, 15) is 8.42 Å². The second-order valence-corrected chi connectivity index (χ2v) is 6.65. The minimum atomic E-state index is -3.44. The minimum absolute atomic E-state index is 0.280. The van der Waals surface area contributed by atoms with Crippen molar-refractivity contribution >= 4 is 26.0 Å². The van der Waals surface area contributed by atoms with Gasteiger partial charge in [0.15, 0.2) is 0 Å². The molecule has 0 saturated heterocycles. The summed E-state index contributed by atoms with van der Waals surface area (Å²) in [5.41, 5.74) is 7.25. The predicted molar refractivity (Wildman–Crippen MR) is 72.3 cm³/mol.